The molecule has 2 aliphatic heterocycles. The number of aliphatic imine (C=N–C) groups is 1. The van der Waals surface area contributed by atoms with Crippen LogP contribution in [0.25, 0.3) is 0 Å². The molecule has 3 heteroatoms. The van der Waals surface area contributed by atoms with Gasteiger partial charge in [0.15, 0.2) is 0 Å². The van der Waals surface area contributed by atoms with Gasteiger partial charge in [-0.3, -0.25) is 4.99 Å². The Morgan fingerprint density at radius 3 is 2.77 bits per heavy atom. The van der Waals surface area contributed by atoms with Crippen LogP contribution in [0.5, 0.6) is 0 Å². The summed E-state index contributed by atoms with van der Waals surface area (Å²) < 4.78 is 0. The number of piperidine rings is 1. The van der Waals surface area contributed by atoms with E-state index < -0.39 is 0 Å². The highest BCUT2D eigenvalue weighted by atomic mass is 15.0. The van der Waals surface area contributed by atoms with Crippen LogP contribution in [0, 0.1) is 0 Å². The van der Waals surface area contributed by atoms with Crippen LogP contribution in [-0.2, 0) is 0 Å². The minimum Gasteiger partial charge on any atom is -0.371 e. The Kier molecular flexibility index (Phi) is 3.19. The Bertz CT molecular complexity index is 183. The zero-order chi connectivity index (χ0) is 8.93. The molecule has 0 amide bonds. The van der Waals surface area contributed by atoms with Crippen molar-refractivity contribution in [1.29, 1.82) is 0 Å². The molecule has 1 saturated heterocycles. The van der Waals surface area contributed by atoms with Crippen molar-refractivity contribution < 1.29 is 0 Å². The summed E-state index contributed by atoms with van der Waals surface area (Å²) in [6.45, 7) is 3.35. The summed E-state index contributed by atoms with van der Waals surface area (Å²) in [5, 5.41) is 6.94. The van der Waals surface area contributed by atoms with Gasteiger partial charge < -0.3 is 10.6 Å². The predicted molar refractivity (Wildman–Crippen MR) is 55.2 cm³/mol. The van der Waals surface area contributed by atoms with Gasteiger partial charge in [-0.15, -0.1) is 0 Å². The Morgan fingerprint density at radius 1 is 1.23 bits per heavy atom. The molecule has 0 bridgehead atoms. The van der Waals surface area contributed by atoms with Gasteiger partial charge in [-0.2, -0.15) is 0 Å². The molecule has 2 rings (SSSR count). The largest absolute Gasteiger partial charge is 0.371 e. The van der Waals surface area contributed by atoms with E-state index in [1.54, 1.807) is 0 Å². The number of hydrogen-bond donors (Lipinski definition) is 2. The monoisotopic (exact) mass is 181 g/mol. The average Bonchev–Trinajstić information content (AvgIpc) is 2.21. The lowest BCUT2D eigenvalue weighted by molar-refractivity contribution is 0.425. The van der Waals surface area contributed by atoms with Crippen LogP contribution >= 0.6 is 0 Å². The van der Waals surface area contributed by atoms with Crippen molar-refractivity contribution in [3.63, 3.8) is 0 Å². The van der Waals surface area contributed by atoms with Gasteiger partial charge in [0.1, 0.15) is 0 Å². The van der Waals surface area contributed by atoms with Gasteiger partial charge in [0.25, 0.3) is 0 Å². The van der Waals surface area contributed by atoms with Crippen LogP contribution in [0.3, 0.4) is 0 Å². The zero-order valence-corrected chi connectivity index (χ0v) is 8.18. The predicted octanol–water partition coefficient (Wildman–Crippen LogP) is 0.910. The molecule has 0 spiro atoms. The fourth-order valence-electron chi connectivity index (χ4n) is 2.02. The smallest absolute Gasteiger partial charge is 0.0965 e. The van der Waals surface area contributed by atoms with E-state index in [1.807, 2.05) is 0 Å². The third kappa shape index (κ3) is 2.69. The van der Waals surface area contributed by atoms with Crippen LogP contribution in [0.2, 0.25) is 0 Å². The standard InChI is InChI=1S/C10H19N3/c1-2-6-12-10(3-1)13-9-4-7-11-8-5-9/h9,11H,1-8H2,(H,12,13). The first-order valence-electron chi connectivity index (χ1n) is 5.46. The lowest BCUT2D eigenvalue weighted by atomic mass is 10.1. The highest BCUT2D eigenvalue weighted by Gasteiger charge is 2.14. The molecule has 0 aromatic rings. The van der Waals surface area contributed by atoms with E-state index in [4.69, 9.17) is 0 Å². The van der Waals surface area contributed by atoms with Crippen LogP contribution < -0.4 is 10.6 Å². The van der Waals surface area contributed by atoms with Crippen molar-refractivity contribution in [2.24, 2.45) is 4.99 Å². The number of rotatable bonds is 1. The van der Waals surface area contributed by atoms with Gasteiger partial charge in [0, 0.05) is 19.0 Å². The average molecular weight is 181 g/mol. The van der Waals surface area contributed by atoms with Crippen molar-refractivity contribution in [1.82, 2.24) is 10.6 Å². The molecule has 1 fully saturated rings. The van der Waals surface area contributed by atoms with E-state index in [9.17, 15) is 0 Å². The topological polar surface area (TPSA) is 36.4 Å². The van der Waals surface area contributed by atoms with Crippen molar-refractivity contribution >= 4 is 5.84 Å². The second-order valence-corrected chi connectivity index (χ2v) is 3.95. The first-order chi connectivity index (χ1) is 6.45. The molecule has 2 aliphatic rings. The molecule has 2 heterocycles. The van der Waals surface area contributed by atoms with Gasteiger partial charge in [0.2, 0.25) is 0 Å². The van der Waals surface area contributed by atoms with E-state index in [2.05, 4.69) is 15.6 Å². The molecule has 2 N–H and O–H groups in total. The summed E-state index contributed by atoms with van der Waals surface area (Å²) in [6.07, 6.45) is 6.26. The minimum absolute atomic E-state index is 0.679. The van der Waals surface area contributed by atoms with Crippen LogP contribution in [-0.4, -0.2) is 31.5 Å². The molecular formula is C10H19N3. The molecule has 0 atom stereocenters. The molecule has 3 nitrogen and oxygen atoms in total. The fraction of sp³-hybridized carbons (Fsp3) is 0.900. The summed E-state index contributed by atoms with van der Waals surface area (Å²) in [7, 11) is 0. The summed E-state index contributed by atoms with van der Waals surface area (Å²) in [6, 6.07) is 0.679. The maximum Gasteiger partial charge on any atom is 0.0965 e. The molecule has 0 radical (unpaired) electrons. The highest BCUT2D eigenvalue weighted by molar-refractivity contribution is 5.82. The summed E-state index contributed by atoms with van der Waals surface area (Å²) >= 11 is 0. The van der Waals surface area contributed by atoms with Crippen LogP contribution in [0.1, 0.15) is 32.1 Å². The number of nitrogens with zero attached hydrogens (tertiary/aromatic N) is 1. The molecule has 0 unspecified atom stereocenters. The quantitative estimate of drug-likeness (QED) is 0.631. The molecule has 13 heavy (non-hydrogen) atoms. The van der Waals surface area contributed by atoms with E-state index in [1.165, 1.54) is 37.9 Å². The highest BCUT2D eigenvalue weighted by Crippen LogP contribution is 2.07. The molecule has 0 aliphatic carbocycles. The van der Waals surface area contributed by atoms with Gasteiger partial charge >= 0.3 is 0 Å². The third-order valence-corrected chi connectivity index (χ3v) is 2.83. The van der Waals surface area contributed by atoms with Crippen molar-refractivity contribution in [3.05, 3.63) is 0 Å². The minimum atomic E-state index is 0.679. The van der Waals surface area contributed by atoms with Crippen molar-refractivity contribution in [2.45, 2.75) is 38.1 Å². The maximum atomic E-state index is 4.51. The van der Waals surface area contributed by atoms with E-state index in [0.717, 1.165) is 19.6 Å². The molecule has 0 aromatic carbocycles. The lowest BCUT2D eigenvalue weighted by Crippen LogP contribution is -2.43. The second-order valence-electron chi connectivity index (χ2n) is 3.95. The van der Waals surface area contributed by atoms with E-state index >= 15 is 0 Å². The molecular weight excluding hydrogens is 162 g/mol. The summed E-state index contributed by atoms with van der Waals surface area (Å²) in [5.74, 6) is 1.26. The number of hydrogen-bond acceptors (Lipinski definition) is 3. The first-order valence-corrected chi connectivity index (χ1v) is 5.46. The van der Waals surface area contributed by atoms with Crippen molar-refractivity contribution in [3.8, 4) is 0 Å². The number of nitrogens with one attached hydrogen (secondary N) is 2. The maximum absolute atomic E-state index is 4.51. The third-order valence-electron chi connectivity index (χ3n) is 2.83. The molecule has 0 saturated carbocycles. The van der Waals surface area contributed by atoms with Gasteiger partial charge in [-0.1, -0.05) is 0 Å². The van der Waals surface area contributed by atoms with Gasteiger partial charge in [-0.25, -0.2) is 0 Å². The van der Waals surface area contributed by atoms with E-state index in [0.29, 0.717) is 6.04 Å². The van der Waals surface area contributed by atoms with Gasteiger partial charge in [-0.05, 0) is 38.8 Å². The zero-order valence-electron chi connectivity index (χ0n) is 8.18. The Morgan fingerprint density at radius 2 is 2.08 bits per heavy atom. The molecule has 74 valence electrons. The van der Waals surface area contributed by atoms with Crippen LogP contribution in [0.4, 0.5) is 0 Å². The Balaban J connectivity index is 1.78. The lowest BCUT2D eigenvalue weighted by Gasteiger charge is -2.26. The summed E-state index contributed by atoms with van der Waals surface area (Å²) in [5.41, 5.74) is 0. The van der Waals surface area contributed by atoms with Crippen LogP contribution in [0.15, 0.2) is 4.99 Å². The Labute approximate surface area is 80.0 Å². The number of amidine groups is 1. The normalized spacial score (nSPS) is 25.4. The second kappa shape index (κ2) is 4.61. The Hall–Kier alpha value is -0.570. The fourth-order valence-corrected chi connectivity index (χ4v) is 2.02. The molecule has 0 aromatic heterocycles. The first kappa shape index (κ1) is 9.00. The van der Waals surface area contributed by atoms with Crippen molar-refractivity contribution in [2.75, 3.05) is 19.6 Å². The van der Waals surface area contributed by atoms with Gasteiger partial charge in [0.05, 0.1) is 5.84 Å². The summed E-state index contributed by atoms with van der Waals surface area (Å²) in [4.78, 5) is 4.51. The SMILES string of the molecule is C1CCC(NC2CCNCC2)=NC1. The van der Waals surface area contributed by atoms with E-state index in [-0.39, 0.29) is 0 Å².